The lowest BCUT2D eigenvalue weighted by Crippen LogP contribution is -2.35. The number of benzene rings is 1. The zero-order chi connectivity index (χ0) is 19.2. The molecule has 1 unspecified atom stereocenters. The maximum atomic E-state index is 11.1. The minimum atomic E-state index is -0.833. The van der Waals surface area contributed by atoms with Crippen molar-refractivity contribution in [3.05, 3.63) is 29.8 Å². The van der Waals surface area contributed by atoms with Crippen LogP contribution in [0.15, 0.2) is 24.3 Å². The summed E-state index contributed by atoms with van der Waals surface area (Å²) >= 11 is 0. The van der Waals surface area contributed by atoms with Gasteiger partial charge in [-0.1, -0.05) is 26.0 Å². The molecular weight excluding hydrogens is 362 g/mol. The first-order valence-corrected chi connectivity index (χ1v) is 8.14. The number of aryl methyl sites for hydroxylation is 1. The monoisotopic (exact) mass is 391 g/mol. The van der Waals surface area contributed by atoms with Gasteiger partial charge >= 0.3 is 5.97 Å². The zero-order valence-electron chi connectivity index (χ0n) is 15.7. The first-order chi connectivity index (χ1) is 11.7. The van der Waals surface area contributed by atoms with E-state index in [2.05, 4.69) is 10.1 Å². The van der Waals surface area contributed by atoms with Crippen LogP contribution in [0.2, 0.25) is 0 Å². The van der Waals surface area contributed by atoms with Gasteiger partial charge in [-0.15, -0.1) is 12.4 Å². The van der Waals surface area contributed by atoms with E-state index in [1.807, 2.05) is 38.1 Å². The van der Waals surface area contributed by atoms with Gasteiger partial charge in [-0.05, 0) is 24.1 Å². The van der Waals surface area contributed by atoms with Gasteiger partial charge in [0.05, 0.1) is 7.11 Å². The Morgan fingerprint density at radius 3 is 2.19 bits per heavy atom. The number of carbonyl (C=O) groups excluding carboxylic acids is 1. The molecule has 0 aliphatic rings. The number of methoxy groups -OCH3 is 1. The van der Waals surface area contributed by atoms with Crippen LogP contribution in [-0.2, 0) is 20.7 Å². The standard InChI is InChI=1S/C16H25NO4.C2H4O2.ClH/c1-12(2)17-10-14(18)11-21-15-7-4-13(5-8-15)6-9-16(19)20-3;1-2(3)4;/h4-5,7-8,12,14,17-18H,6,9-11H2,1-3H3;1H3,(H,3,4);1H. The van der Waals surface area contributed by atoms with Gasteiger partial charge in [0.1, 0.15) is 18.5 Å². The van der Waals surface area contributed by atoms with Crippen LogP contribution in [0.5, 0.6) is 5.75 Å². The van der Waals surface area contributed by atoms with Crippen molar-refractivity contribution in [3.63, 3.8) is 0 Å². The molecule has 1 aromatic rings. The molecule has 26 heavy (non-hydrogen) atoms. The van der Waals surface area contributed by atoms with Crippen LogP contribution in [0.3, 0.4) is 0 Å². The molecule has 1 aromatic carbocycles. The summed E-state index contributed by atoms with van der Waals surface area (Å²) in [6.45, 7) is 5.90. The topological polar surface area (TPSA) is 105 Å². The highest BCUT2D eigenvalue weighted by Gasteiger charge is 2.06. The van der Waals surface area contributed by atoms with Crippen LogP contribution in [0, 0.1) is 0 Å². The summed E-state index contributed by atoms with van der Waals surface area (Å²) in [7, 11) is 1.39. The van der Waals surface area contributed by atoms with Crippen LogP contribution in [0.4, 0.5) is 0 Å². The Morgan fingerprint density at radius 2 is 1.73 bits per heavy atom. The van der Waals surface area contributed by atoms with Gasteiger partial charge < -0.3 is 25.0 Å². The van der Waals surface area contributed by atoms with E-state index in [0.717, 1.165) is 12.5 Å². The molecule has 0 bridgehead atoms. The average molecular weight is 392 g/mol. The van der Waals surface area contributed by atoms with Gasteiger partial charge in [0.25, 0.3) is 5.97 Å². The quantitative estimate of drug-likeness (QED) is 0.553. The maximum absolute atomic E-state index is 11.1. The molecule has 7 nitrogen and oxygen atoms in total. The molecule has 0 heterocycles. The summed E-state index contributed by atoms with van der Waals surface area (Å²) in [5.41, 5.74) is 1.05. The second-order valence-corrected chi connectivity index (χ2v) is 5.77. The molecule has 1 rings (SSSR count). The molecule has 0 aliphatic heterocycles. The molecule has 0 aromatic heterocycles. The fourth-order valence-corrected chi connectivity index (χ4v) is 1.72. The third kappa shape index (κ3) is 15.7. The van der Waals surface area contributed by atoms with Crippen molar-refractivity contribution < 1.29 is 29.3 Å². The van der Waals surface area contributed by atoms with Crippen LogP contribution < -0.4 is 10.1 Å². The smallest absolute Gasteiger partial charge is 0.305 e. The van der Waals surface area contributed by atoms with E-state index in [-0.39, 0.29) is 25.0 Å². The molecule has 1 atom stereocenters. The number of hydrogen-bond donors (Lipinski definition) is 3. The SMILES string of the molecule is CC(=O)O.COC(=O)CCc1ccc(OCC(O)CNC(C)C)cc1.Cl. The molecule has 0 saturated heterocycles. The predicted molar refractivity (Wildman–Crippen MR) is 102 cm³/mol. The number of halogens is 1. The number of nitrogens with one attached hydrogen (secondary N) is 1. The third-order valence-corrected chi connectivity index (χ3v) is 2.97. The van der Waals surface area contributed by atoms with Crippen LogP contribution in [0.25, 0.3) is 0 Å². The third-order valence-electron chi connectivity index (χ3n) is 2.97. The van der Waals surface area contributed by atoms with Crippen molar-refractivity contribution >= 4 is 24.3 Å². The molecule has 0 radical (unpaired) electrons. The van der Waals surface area contributed by atoms with Crippen molar-refractivity contribution in [2.24, 2.45) is 0 Å². The van der Waals surface area contributed by atoms with Crippen molar-refractivity contribution in [1.82, 2.24) is 5.32 Å². The summed E-state index contributed by atoms with van der Waals surface area (Å²) < 4.78 is 10.1. The Morgan fingerprint density at radius 1 is 1.19 bits per heavy atom. The number of carboxylic acid groups (broad SMARTS) is 1. The predicted octanol–water partition coefficient (Wildman–Crippen LogP) is 2.04. The second-order valence-electron chi connectivity index (χ2n) is 5.77. The highest BCUT2D eigenvalue weighted by Crippen LogP contribution is 2.13. The Labute approximate surface area is 161 Å². The number of rotatable bonds is 9. The van der Waals surface area contributed by atoms with Crippen molar-refractivity contribution in [2.75, 3.05) is 20.3 Å². The number of carbonyl (C=O) groups is 2. The van der Waals surface area contributed by atoms with E-state index in [9.17, 15) is 9.90 Å². The Hall–Kier alpha value is -1.83. The fraction of sp³-hybridized carbons (Fsp3) is 0.556. The number of aliphatic hydroxyl groups is 1. The largest absolute Gasteiger partial charge is 0.491 e. The molecule has 8 heteroatoms. The number of aliphatic hydroxyl groups excluding tert-OH is 1. The molecule has 3 N–H and O–H groups in total. The minimum absolute atomic E-state index is 0. The van der Waals surface area contributed by atoms with E-state index in [1.165, 1.54) is 7.11 Å². The lowest BCUT2D eigenvalue weighted by molar-refractivity contribution is -0.140. The molecule has 0 saturated carbocycles. The molecule has 150 valence electrons. The lowest BCUT2D eigenvalue weighted by Gasteiger charge is -2.15. The Balaban J connectivity index is 0. The highest BCUT2D eigenvalue weighted by molar-refractivity contribution is 5.85. The molecule has 0 fully saturated rings. The van der Waals surface area contributed by atoms with Gasteiger partial charge in [-0.2, -0.15) is 0 Å². The van der Waals surface area contributed by atoms with Gasteiger partial charge in [0, 0.05) is 25.9 Å². The van der Waals surface area contributed by atoms with E-state index >= 15 is 0 Å². The number of carboxylic acids is 1. The Kier molecular flexibility index (Phi) is 15.7. The minimum Gasteiger partial charge on any atom is -0.491 e. The Bertz CT molecular complexity index is 503. The van der Waals surface area contributed by atoms with E-state index in [4.69, 9.17) is 14.6 Å². The lowest BCUT2D eigenvalue weighted by atomic mass is 10.1. The highest BCUT2D eigenvalue weighted by atomic mass is 35.5. The number of aliphatic carboxylic acids is 1. The first kappa shape index (κ1) is 26.4. The zero-order valence-corrected chi connectivity index (χ0v) is 16.5. The summed E-state index contributed by atoms with van der Waals surface area (Å²) in [4.78, 5) is 20.1. The number of esters is 1. The van der Waals surface area contributed by atoms with Crippen molar-refractivity contribution in [1.29, 1.82) is 0 Å². The van der Waals surface area contributed by atoms with Gasteiger partial charge in [-0.3, -0.25) is 9.59 Å². The van der Waals surface area contributed by atoms with Gasteiger partial charge in [0.15, 0.2) is 0 Å². The van der Waals surface area contributed by atoms with E-state index < -0.39 is 12.1 Å². The first-order valence-electron chi connectivity index (χ1n) is 8.14. The number of hydrogen-bond acceptors (Lipinski definition) is 6. The van der Waals surface area contributed by atoms with Crippen LogP contribution >= 0.6 is 12.4 Å². The molecule has 0 spiro atoms. The van der Waals surface area contributed by atoms with Crippen molar-refractivity contribution in [3.8, 4) is 5.75 Å². The summed E-state index contributed by atoms with van der Waals surface area (Å²) in [5, 5.41) is 20.3. The normalized spacial score (nSPS) is 10.8. The summed E-state index contributed by atoms with van der Waals surface area (Å²) in [6, 6.07) is 7.85. The van der Waals surface area contributed by atoms with Crippen molar-refractivity contribution in [2.45, 2.75) is 45.8 Å². The summed E-state index contributed by atoms with van der Waals surface area (Å²) in [6.07, 6.45) is 0.482. The van der Waals surface area contributed by atoms with E-state index in [1.54, 1.807) is 0 Å². The van der Waals surface area contributed by atoms with E-state index in [0.29, 0.717) is 31.2 Å². The van der Waals surface area contributed by atoms with Crippen LogP contribution in [0.1, 0.15) is 32.8 Å². The van der Waals surface area contributed by atoms with Gasteiger partial charge in [0.2, 0.25) is 0 Å². The average Bonchev–Trinajstić information content (AvgIpc) is 2.56. The molecule has 0 aliphatic carbocycles. The van der Waals surface area contributed by atoms with Crippen LogP contribution in [-0.4, -0.2) is 54.6 Å². The fourth-order valence-electron chi connectivity index (χ4n) is 1.72. The molecular formula is C18H30ClNO6. The van der Waals surface area contributed by atoms with Gasteiger partial charge in [-0.25, -0.2) is 0 Å². The summed E-state index contributed by atoms with van der Waals surface area (Å²) in [5.74, 6) is -0.337. The maximum Gasteiger partial charge on any atom is 0.305 e. The second kappa shape index (κ2) is 15.4. The molecule has 0 amide bonds. The number of ether oxygens (including phenoxy) is 2.